The van der Waals surface area contributed by atoms with Crippen LogP contribution in [-0.2, 0) is 15.0 Å². The Morgan fingerprint density at radius 2 is 1.76 bits per heavy atom. The Balaban J connectivity index is 1.99. The molecule has 0 saturated carbocycles. The molecule has 0 unspecified atom stereocenters. The lowest BCUT2D eigenvalue weighted by atomic mass is 9.61. The number of benzene rings is 3. The third kappa shape index (κ3) is 7.28. The van der Waals surface area contributed by atoms with E-state index in [-0.39, 0.29) is 44.7 Å². The molecule has 0 radical (unpaired) electrons. The van der Waals surface area contributed by atoms with Crippen molar-refractivity contribution in [3.05, 3.63) is 93.0 Å². The molecule has 3 aromatic rings. The van der Waals surface area contributed by atoms with Crippen LogP contribution in [0.1, 0.15) is 54.6 Å². The molecule has 0 aliphatic carbocycles. The second-order valence-corrected chi connectivity index (χ2v) is 13.3. The molecule has 1 aliphatic rings. The molecule has 1 aliphatic heterocycles. The van der Waals surface area contributed by atoms with Crippen LogP contribution in [0.3, 0.4) is 0 Å². The van der Waals surface area contributed by atoms with Gasteiger partial charge in [-0.15, -0.1) is 0 Å². The van der Waals surface area contributed by atoms with Gasteiger partial charge in [0.2, 0.25) is 5.91 Å². The zero-order chi connectivity index (χ0) is 34.0. The van der Waals surface area contributed by atoms with Crippen molar-refractivity contribution in [1.82, 2.24) is 10.6 Å². The van der Waals surface area contributed by atoms with Crippen molar-refractivity contribution in [2.24, 2.45) is 5.41 Å². The highest BCUT2D eigenvalue weighted by Crippen LogP contribution is 2.53. The maximum Gasteiger partial charge on any atom is 0.335 e. The van der Waals surface area contributed by atoms with Gasteiger partial charge in [-0.05, 0) is 59.4 Å². The molecule has 246 valence electrons. The summed E-state index contributed by atoms with van der Waals surface area (Å²) in [6.45, 7) is 5.20. The molecule has 9 nitrogen and oxygen atoms in total. The lowest BCUT2D eigenvalue weighted by molar-refractivity contribution is -0.136. The average molecular weight is 679 g/mol. The Kier molecular flexibility index (Phi) is 10.6. The number of carboxylic acids is 2. The number of amides is 1. The SMILES string of the molecule is COc1cc(C(=O)O)ccc1NC(=O)[C@@H]1N[C@@H](CC(C)(C)C)[C@](CNCC(=O)O)(c2ccc(Cl)cc2F)[C@H]1c1cccc(Cl)c1F. The van der Waals surface area contributed by atoms with E-state index in [2.05, 4.69) is 16.0 Å². The first-order valence-electron chi connectivity index (χ1n) is 14.4. The second-order valence-electron chi connectivity index (χ2n) is 12.5. The van der Waals surface area contributed by atoms with Crippen LogP contribution < -0.4 is 20.7 Å². The summed E-state index contributed by atoms with van der Waals surface area (Å²) in [6, 6.07) is 10.4. The number of carboxylic acid groups (broad SMARTS) is 2. The number of aliphatic carboxylic acids is 1. The number of anilines is 1. The maximum absolute atomic E-state index is 16.1. The number of aromatic carboxylic acids is 1. The number of hydrogen-bond acceptors (Lipinski definition) is 6. The summed E-state index contributed by atoms with van der Waals surface area (Å²) in [5.74, 6) is -5.63. The van der Waals surface area contributed by atoms with Crippen LogP contribution in [-0.4, -0.2) is 60.3 Å². The van der Waals surface area contributed by atoms with Gasteiger partial charge in [-0.3, -0.25) is 9.59 Å². The number of carbonyl (C=O) groups is 3. The molecule has 1 heterocycles. The highest BCUT2D eigenvalue weighted by atomic mass is 35.5. The normalized spacial score (nSPS) is 21.2. The average Bonchev–Trinajstić information content (AvgIpc) is 3.27. The van der Waals surface area contributed by atoms with Gasteiger partial charge >= 0.3 is 11.9 Å². The Bertz CT molecular complexity index is 1650. The second kappa shape index (κ2) is 13.9. The molecule has 5 N–H and O–H groups in total. The standard InChI is InChI=1S/C33H35Cl2F2N3O6/c1-32(2,3)14-25-33(16-38-15-26(41)42,20-10-9-18(34)13-22(20)36)27(19-6-5-7-21(35)28(19)37)29(40-25)30(43)39-23-11-8-17(31(44)45)12-24(23)46-4/h5-13,25,27,29,38,40H,14-16H2,1-4H3,(H,39,43)(H,41,42)(H,44,45)/t25-,27-,29+,33-/m0/s1. The van der Waals surface area contributed by atoms with E-state index >= 15 is 8.78 Å². The first-order chi connectivity index (χ1) is 21.6. The van der Waals surface area contributed by atoms with Crippen molar-refractivity contribution < 1.29 is 38.1 Å². The smallest absolute Gasteiger partial charge is 0.335 e. The van der Waals surface area contributed by atoms with Gasteiger partial charge in [-0.25, -0.2) is 13.6 Å². The number of rotatable bonds is 11. The first-order valence-corrected chi connectivity index (χ1v) is 15.1. The molecular formula is C33H35Cl2F2N3O6. The van der Waals surface area contributed by atoms with E-state index in [1.807, 2.05) is 20.8 Å². The number of ether oxygens (including phenoxy) is 1. The summed E-state index contributed by atoms with van der Waals surface area (Å²) in [6.07, 6.45) is 0.350. The van der Waals surface area contributed by atoms with Crippen molar-refractivity contribution in [2.75, 3.05) is 25.5 Å². The van der Waals surface area contributed by atoms with Crippen LogP contribution in [0, 0.1) is 17.0 Å². The van der Waals surface area contributed by atoms with Gasteiger partial charge in [0.25, 0.3) is 0 Å². The van der Waals surface area contributed by atoms with Crippen LogP contribution in [0.5, 0.6) is 5.75 Å². The number of methoxy groups -OCH3 is 1. The van der Waals surface area contributed by atoms with Crippen molar-refractivity contribution >= 4 is 46.7 Å². The minimum atomic E-state index is -1.47. The fraction of sp³-hybridized carbons (Fsp3) is 0.364. The summed E-state index contributed by atoms with van der Waals surface area (Å²) < 4.78 is 37.6. The van der Waals surface area contributed by atoms with Gasteiger partial charge in [-0.1, -0.05) is 62.2 Å². The van der Waals surface area contributed by atoms with E-state index in [1.165, 1.54) is 55.6 Å². The van der Waals surface area contributed by atoms with Crippen LogP contribution >= 0.6 is 23.2 Å². The molecule has 4 rings (SSSR count). The monoisotopic (exact) mass is 677 g/mol. The Morgan fingerprint density at radius 3 is 2.37 bits per heavy atom. The van der Waals surface area contributed by atoms with Gasteiger partial charge in [0.1, 0.15) is 17.4 Å². The third-order valence-electron chi connectivity index (χ3n) is 8.14. The minimum absolute atomic E-state index is 0.0104. The van der Waals surface area contributed by atoms with E-state index in [9.17, 15) is 24.6 Å². The van der Waals surface area contributed by atoms with E-state index < -0.39 is 64.9 Å². The zero-order valence-corrected chi connectivity index (χ0v) is 27.1. The summed E-state index contributed by atoms with van der Waals surface area (Å²) >= 11 is 12.4. The van der Waals surface area contributed by atoms with E-state index in [0.29, 0.717) is 6.42 Å². The Morgan fingerprint density at radius 1 is 1.04 bits per heavy atom. The molecule has 1 fully saturated rings. The predicted octanol–water partition coefficient (Wildman–Crippen LogP) is 6.09. The van der Waals surface area contributed by atoms with Gasteiger partial charge in [0.05, 0.1) is 36.0 Å². The van der Waals surface area contributed by atoms with Crippen LogP contribution in [0.25, 0.3) is 0 Å². The van der Waals surface area contributed by atoms with Crippen LogP contribution in [0.4, 0.5) is 14.5 Å². The summed E-state index contributed by atoms with van der Waals surface area (Å²) in [4.78, 5) is 37.5. The number of hydrogen-bond donors (Lipinski definition) is 5. The van der Waals surface area contributed by atoms with E-state index in [4.69, 9.17) is 27.9 Å². The van der Waals surface area contributed by atoms with E-state index in [0.717, 1.165) is 6.07 Å². The molecule has 1 amide bonds. The molecule has 3 aromatic carbocycles. The van der Waals surface area contributed by atoms with Gasteiger partial charge < -0.3 is 30.9 Å². The number of carbonyl (C=O) groups excluding carboxylic acids is 1. The van der Waals surface area contributed by atoms with E-state index in [1.54, 1.807) is 0 Å². The van der Waals surface area contributed by atoms with Crippen molar-refractivity contribution in [2.45, 2.75) is 50.6 Å². The van der Waals surface area contributed by atoms with Gasteiger partial charge in [0, 0.05) is 28.9 Å². The molecular weight excluding hydrogens is 643 g/mol. The van der Waals surface area contributed by atoms with Crippen molar-refractivity contribution in [3.8, 4) is 5.75 Å². The molecule has 0 aromatic heterocycles. The largest absolute Gasteiger partial charge is 0.495 e. The molecule has 46 heavy (non-hydrogen) atoms. The van der Waals surface area contributed by atoms with Gasteiger partial charge in [0.15, 0.2) is 0 Å². The fourth-order valence-corrected chi connectivity index (χ4v) is 6.68. The highest BCUT2D eigenvalue weighted by Gasteiger charge is 2.60. The topological polar surface area (TPSA) is 137 Å². The molecule has 0 spiro atoms. The summed E-state index contributed by atoms with van der Waals surface area (Å²) in [5.41, 5.74) is -1.69. The fourth-order valence-electron chi connectivity index (χ4n) is 6.34. The summed E-state index contributed by atoms with van der Waals surface area (Å²) in [5, 5.41) is 27.8. The number of nitrogens with one attached hydrogen (secondary N) is 3. The zero-order valence-electron chi connectivity index (χ0n) is 25.6. The third-order valence-corrected chi connectivity index (χ3v) is 8.67. The quantitative estimate of drug-likeness (QED) is 0.165. The lowest BCUT2D eigenvalue weighted by Gasteiger charge is -2.43. The molecule has 13 heteroatoms. The van der Waals surface area contributed by atoms with Crippen molar-refractivity contribution in [1.29, 1.82) is 0 Å². The lowest BCUT2D eigenvalue weighted by Crippen LogP contribution is -2.52. The summed E-state index contributed by atoms with van der Waals surface area (Å²) in [7, 11) is 1.32. The Labute approximate surface area is 275 Å². The predicted molar refractivity (Wildman–Crippen MR) is 171 cm³/mol. The minimum Gasteiger partial charge on any atom is -0.495 e. The Hall–Kier alpha value is -3.77. The van der Waals surface area contributed by atoms with Crippen LogP contribution in [0.2, 0.25) is 10.0 Å². The number of halogens is 4. The molecule has 1 saturated heterocycles. The first kappa shape index (κ1) is 35.1. The van der Waals surface area contributed by atoms with Crippen molar-refractivity contribution in [3.63, 3.8) is 0 Å². The highest BCUT2D eigenvalue weighted by molar-refractivity contribution is 6.31. The molecule has 0 bridgehead atoms. The maximum atomic E-state index is 16.1. The molecule has 4 atom stereocenters. The van der Waals surface area contributed by atoms with Gasteiger partial charge in [-0.2, -0.15) is 0 Å². The van der Waals surface area contributed by atoms with Crippen LogP contribution in [0.15, 0.2) is 54.6 Å².